The molecule has 0 spiro atoms. The van der Waals surface area contributed by atoms with Gasteiger partial charge in [-0.1, -0.05) is 17.7 Å². The molecule has 0 unspecified atom stereocenters. The maximum Gasteiger partial charge on any atom is 0.194 e. The molecular weight excluding hydrogens is 255 g/mol. The van der Waals surface area contributed by atoms with Crippen LogP contribution in [0.2, 0.25) is 5.02 Å². The summed E-state index contributed by atoms with van der Waals surface area (Å²) in [6.45, 7) is 0.887. The van der Waals surface area contributed by atoms with Crippen LogP contribution in [0.3, 0.4) is 0 Å². The molecule has 0 atom stereocenters. The van der Waals surface area contributed by atoms with E-state index < -0.39 is 5.82 Å². The number of rotatable bonds is 5. The molecule has 5 heteroatoms. The lowest BCUT2D eigenvalue weighted by Crippen LogP contribution is -2.08. The fourth-order valence-electron chi connectivity index (χ4n) is 1.69. The summed E-state index contributed by atoms with van der Waals surface area (Å²) in [7, 11) is 1.89. The molecule has 0 aliphatic carbocycles. The minimum absolute atomic E-state index is 0.270. The Morgan fingerprint density at radius 1 is 1.44 bits per heavy atom. The van der Waals surface area contributed by atoms with Gasteiger partial charge in [-0.3, -0.25) is 0 Å². The van der Waals surface area contributed by atoms with Crippen LogP contribution in [0.25, 0.3) is 11.3 Å². The van der Waals surface area contributed by atoms with Crippen molar-refractivity contribution in [3.05, 3.63) is 41.1 Å². The van der Waals surface area contributed by atoms with Crippen molar-refractivity contribution in [1.82, 2.24) is 10.3 Å². The molecule has 1 aromatic heterocycles. The van der Waals surface area contributed by atoms with Crippen LogP contribution < -0.4 is 5.32 Å². The van der Waals surface area contributed by atoms with E-state index in [0.717, 1.165) is 13.0 Å². The molecule has 0 radical (unpaired) electrons. The Morgan fingerprint density at radius 3 is 3.00 bits per heavy atom. The van der Waals surface area contributed by atoms with Crippen LogP contribution in [0, 0.1) is 5.82 Å². The molecule has 2 rings (SSSR count). The number of oxazole rings is 1. The number of hydrogen-bond donors (Lipinski definition) is 1. The molecule has 1 aromatic carbocycles. The lowest BCUT2D eigenvalue weighted by molar-refractivity contribution is 0.492. The first kappa shape index (κ1) is 13.1. The first-order chi connectivity index (χ1) is 8.72. The van der Waals surface area contributed by atoms with Crippen LogP contribution in [-0.2, 0) is 6.42 Å². The number of nitrogens with one attached hydrogen (secondary N) is 1. The first-order valence-corrected chi connectivity index (χ1v) is 6.14. The highest BCUT2D eigenvalue weighted by Crippen LogP contribution is 2.30. The fraction of sp³-hybridized carbons (Fsp3) is 0.308. The number of hydrogen-bond acceptors (Lipinski definition) is 3. The van der Waals surface area contributed by atoms with E-state index >= 15 is 0 Å². The third-order valence-electron chi connectivity index (χ3n) is 2.58. The summed E-state index contributed by atoms with van der Waals surface area (Å²) in [4.78, 5) is 4.13. The largest absolute Gasteiger partial charge is 0.441 e. The van der Waals surface area contributed by atoms with Crippen LogP contribution in [-0.4, -0.2) is 18.6 Å². The third-order valence-corrected chi connectivity index (χ3v) is 2.90. The summed E-state index contributed by atoms with van der Waals surface area (Å²) in [5.74, 6) is 0.567. The van der Waals surface area contributed by atoms with Gasteiger partial charge >= 0.3 is 0 Å². The highest BCUT2D eigenvalue weighted by atomic mass is 35.5. The lowest BCUT2D eigenvalue weighted by Gasteiger charge is -2.01. The molecule has 18 heavy (non-hydrogen) atoms. The summed E-state index contributed by atoms with van der Waals surface area (Å²) < 4.78 is 19.2. The minimum atomic E-state index is -0.402. The van der Waals surface area contributed by atoms with Gasteiger partial charge in [0.15, 0.2) is 11.7 Å². The number of aromatic nitrogens is 1. The molecule has 1 N–H and O–H groups in total. The molecule has 0 fully saturated rings. The van der Waals surface area contributed by atoms with Gasteiger partial charge in [0.25, 0.3) is 0 Å². The molecule has 96 valence electrons. The molecule has 0 saturated heterocycles. The average Bonchev–Trinajstić information content (AvgIpc) is 2.78. The lowest BCUT2D eigenvalue weighted by atomic mass is 10.2. The predicted molar refractivity (Wildman–Crippen MR) is 69.2 cm³/mol. The van der Waals surface area contributed by atoms with Crippen molar-refractivity contribution < 1.29 is 8.81 Å². The van der Waals surface area contributed by atoms with Crippen LogP contribution >= 0.6 is 11.6 Å². The van der Waals surface area contributed by atoms with Gasteiger partial charge in [-0.25, -0.2) is 9.37 Å². The summed E-state index contributed by atoms with van der Waals surface area (Å²) >= 11 is 5.96. The molecule has 3 nitrogen and oxygen atoms in total. The number of halogens is 2. The Labute approximate surface area is 110 Å². The van der Waals surface area contributed by atoms with E-state index in [0.29, 0.717) is 23.1 Å². The van der Waals surface area contributed by atoms with E-state index in [4.69, 9.17) is 16.0 Å². The topological polar surface area (TPSA) is 38.1 Å². The van der Waals surface area contributed by atoms with Crippen LogP contribution in [0.1, 0.15) is 12.3 Å². The standard InChI is InChI=1S/C13H14ClFN2O/c1-16-7-3-6-12-17-8-11(18-12)13-9(14)4-2-5-10(13)15/h2,4-5,8,16H,3,6-7H2,1H3. The summed E-state index contributed by atoms with van der Waals surface area (Å²) in [6, 6.07) is 4.54. The van der Waals surface area contributed by atoms with Crippen molar-refractivity contribution in [3.8, 4) is 11.3 Å². The first-order valence-electron chi connectivity index (χ1n) is 5.76. The zero-order valence-electron chi connectivity index (χ0n) is 10.0. The maximum atomic E-state index is 13.7. The van der Waals surface area contributed by atoms with E-state index in [1.54, 1.807) is 12.1 Å². The third kappa shape index (κ3) is 2.89. The van der Waals surface area contributed by atoms with E-state index in [1.165, 1.54) is 12.3 Å². The van der Waals surface area contributed by atoms with Crippen molar-refractivity contribution in [2.45, 2.75) is 12.8 Å². The van der Waals surface area contributed by atoms with E-state index in [2.05, 4.69) is 10.3 Å². The van der Waals surface area contributed by atoms with Crippen molar-refractivity contribution in [3.63, 3.8) is 0 Å². The van der Waals surface area contributed by atoms with E-state index in [-0.39, 0.29) is 5.56 Å². The predicted octanol–water partition coefficient (Wildman–Crippen LogP) is 3.29. The fourth-order valence-corrected chi connectivity index (χ4v) is 1.95. The smallest absolute Gasteiger partial charge is 0.194 e. The van der Waals surface area contributed by atoms with Crippen LogP contribution in [0.5, 0.6) is 0 Å². The zero-order valence-corrected chi connectivity index (χ0v) is 10.8. The molecular formula is C13H14ClFN2O. The van der Waals surface area contributed by atoms with Crippen molar-refractivity contribution in [2.75, 3.05) is 13.6 Å². The Balaban J connectivity index is 2.19. The molecule has 0 bridgehead atoms. The SMILES string of the molecule is CNCCCc1ncc(-c2c(F)cccc2Cl)o1. The Morgan fingerprint density at radius 2 is 2.28 bits per heavy atom. The summed E-state index contributed by atoms with van der Waals surface area (Å²) in [5.41, 5.74) is 0.270. The quantitative estimate of drug-likeness (QED) is 0.846. The van der Waals surface area contributed by atoms with Gasteiger partial charge in [0.1, 0.15) is 5.82 Å². The normalized spacial score (nSPS) is 10.8. The highest BCUT2D eigenvalue weighted by molar-refractivity contribution is 6.33. The second-order valence-corrected chi connectivity index (χ2v) is 4.33. The van der Waals surface area contributed by atoms with E-state index in [1.807, 2.05) is 7.05 Å². The second-order valence-electron chi connectivity index (χ2n) is 3.92. The molecule has 2 aromatic rings. The minimum Gasteiger partial charge on any atom is -0.441 e. The van der Waals surface area contributed by atoms with Gasteiger partial charge in [-0.2, -0.15) is 0 Å². The molecule has 0 aliphatic rings. The van der Waals surface area contributed by atoms with Crippen molar-refractivity contribution in [1.29, 1.82) is 0 Å². The number of aryl methyl sites for hydroxylation is 1. The number of benzene rings is 1. The summed E-state index contributed by atoms with van der Waals surface area (Å²) in [6.07, 6.45) is 3.15. The van der Waals surface area contributed by atoms with Gasteiger partial charge in [0.05, 0.1) is 16.8 Å². The second kappa shape index (κ2) is 5.98. The Bertz CT molecular complexity index is 507. The van der Waals surface area contributed by atoms with E-state index in [9.17, 15) is 4.39 Å². The Hall–Kier alpha value is -1.39. The maximum absolute atomic E-state index is 13.7. The molecule has 0 amide bonds. The monoisotopic (exact) mass is 268 g/mol. The molecule has 0 aliphatic heterocycles. The molecule has 0 saturated carbocycles. The molecule has 1 heterocycles. The summed E-state index contributed by atoms with van der Waals surface area (Å²) in [5, 5.41) is 3.37. The van der Waals surface area contributed by atoms with Crippen molar-refractivity contribution in [2.24, 2.45) is 0 Å². The van der Waals surface area contributed by atoms with Gasteiger partial charge < -0.3 is 9.73 Å². The highest BCUT2D eigenvalue weighted by Gasteiger charge is 2.14. The van der Waals surface area contributed by atoms with Gasteiger partial charge in [-0.15, -0.1) is 0 Å². The average molecular weight is 269 g/mol. The van der Waals surface area contributed by atoms with Crippen LogP contribution in [0.4, 0.5) is 4.39 Å². The number of nitrogens with zero attached hydrogens (tertiary/aromatic N) is 1. The van der Waals surface area contributed by atoms with Crippen LogP contribution in [0.15, 0.2) is 28.8 Å². The van der Waals surface area contributed by atoms with Gasteiger partial charge in [0, 0.05) is 6.42 Å². The zero-order chi connectivity index (χ0) is 13.0. The van der Waals surface area contributed by atoms with Crippen molar-refractivity contribution >= 4 is 11.6 Å². The van der Waals surface area contributed by atoms with Gasteiger partial charge in [-0.05, 0) is 32.1 Å². The van der Waals surface area contributed by atoms with Gasteiger partial charge in [0.2, 0.25) is 0 Å². The Kier molecular flexibility index (Phi) is 4.33.